The van der Waals surface area contributed by atoms with E-state index in [4.69, 9.17) is 21.5 Å². The summed E-state index contributed by atoms with van der Waals surface area (Å²) >= 11 is -4.22. The Kier molecular flexibility index (Phi) is 14.3. The minimum Gasteiger partial charge on any atom is -0.388 e. The lowest BCUT2D eigenvalue weighted by molar-refractivity contribution is -0.138. The highest BCUT2D eigenvalue weighted by molar-refractivity contribution is 7.91. The number of alkyl halides is 3. The Bertz CT molecular complexity index is 2400. The first-order chi connectivity index (χ1) is 25.0. The van der Waals surface area contributed by atoms with Crippen LogP contribution in [0.4, 0.5) is 35.9 Å². The van der Waals surface area contributed by atoms with Crippen LogP contribution >= 0.6 is 0 Å². The van der Waals surface area contributed by atoms with Crippen molar-refractivity contribution in [3.63, 3.8) is 0 Å². The molecule has 2 atom stereocenters. The van der Waals surface area contributed by atoms with Gasteiger partial charge in [-0.2, -0.15) is 21.6 Å². The van der Waals surface area contributed by atoms with E-state index < -0.39 is 59.6 Å². The molecule has 4 rings (SSSR count). The van der Waals surface area contributed by atoms with Crippen LogP contribution < -0.4 is 28.9 Å². The molecule has 0 aliphatic rings. The molecular weight excluding hydrogens is 794 g/mol. The fraction of sp³-hybridized carbons (Fsp3) is 0.212. The molecule has 2 unspecified atom stereocenters. The van der Waals surface area contributed by atoms with Crippen molar-refractivity contribution in [2.75, 3.05) is 23.4 Å². The van der Waals surface area contributed by atoms with Crippen LogP contribution in [0, 0.1) is 40.8 Å². The van der Waals surface area contributed by atoms with Crippen LogP contribution in [0.3, 0.4) is 0 Å². The zero-order chi connectivity index (χ0) is 40.6. The Hall–Kier alpha value is -5.03. The fourth-order valence-electron chi connectivity index (χ4n) is 4.33. The van der Waals surface area contributed by atoms with Crippen molar-refractivity contribution in [1.82, 2.24) is 9.66 Å². The molecule has 21 heteroatoms. The smallest absolute Gasteiger partial charge is 0.388 e. The number of aryl methyl sites for hydroxylation is 4. The zero-order valence-corrected chi connectivity index (χ0v) is 32.5. The molecule has 0 saturated carbocycles. The van der Waals surface area contributed by atoms with Crippen molar-refractivity contribution < 1.29 is 46.8 Å². The van der Waals surface area contributed by atoms with Crippen LogP contribution in [0.2, 0.25) is 0 Å². The second-order valence-corrected chi connectivity index (χ2v) is 17.1. The predicted molar refractivity (Wildman–Crippen MR) is 200 cm³/mol. The molecule has 0 aliphatic carbocycles. The Morgan fingerprint density at radius 2 is 1.13 bits per heavy atom. The largest absolute Gasteiger partial charge is 0.416 e. The van der Waals surface area contributed by atoms with Crippen LogP contribution in [-0.4, -0.2) is 37.8 Å². The standard InChI is InChI=1S/C17H16N4O4S2.C16H17F3N2O4S2/c1-11-6-7-12(2)16(8-11)25-26(22)21-20-15-9-13(18-3)14(19-4)10-17(15)27(5,23)24;1-10-4-6-12(7-5-10)25-26(22)21-20-14-9-13(16(17,18)19)11(2)8-15(14)27(3,23)24/h6-10,20-21H,1-2,5H3;4-9,20-21H,1-3H3. The molecule has 0 amide bonds. The van der Waals surface area contributed by atoms with Gasteiger partial charge in [0.2, 0.25) is 0 Å². The van der Waals surface area contributed by atoms with E-state index in [1.807, 2.05) is 26.0 Å². The van der Waals surface area contributed by atoms with Crippen LogP contribution in [0.25, 0.3) is 9.69 Å². The minimum atomic E-state index is -4.67. The number of halogens is 3. The summed E-state index contributed by atoms with van der Waals surface area (Å²) < 4.78 is 121. The summed E-state index contributed by atoms with van der Waals surface area (Å²) in [5.41, 5.74) is 5.64. The highest BCUT2D eigenvalue weighted by Gasteiger charge is 2.34. The second kappa shape index (κ2) is 17.9. The van der Waals surface area contributed by atoms with Gasteiger partial charge in [-0.25, -0.2) is 16.8 Å². The molecule has 0 heterocycles. The summed E-state index contributed by atoms with van der Waals surface area (Å²) in [6.07, 6.45) is -2.84. The molecular formula is C33H33F3N6O8S4. The van der Waals surface area contributed by atoms with E-state index in [0.717, 1.165) is 48.3 Å². The van der Waals surface area contributed by atoms with E-state index in [2.05, 4.69) is 30.2 Å². The van der Waals surface area contributed by atoms with Gasteiger partial charge in [0.15, 0.2) is 31.0 Å². The number of nitrogens with zero attached hydrogens (tertiary/aromatic N) is 2. The van der Waals surface area contributed by atoms with Crippen LogP contribution in [-0.2, 0) is 48.4 Å². The van der Waals surface area contributed by atoms with Crippen molar-refractivity contribution in [1.29, 1.82) is 0 Å². The lowest BCUT2D eigenvalue weighted by Gasteiger charge is -2.17. The summed E-state index contributed by atoms with van der Waals surface area (Å²) in [7, 11) is -7.54. The van der Waals surface area contributed by atoms with E-state index in [0.29, 0.717) is 11.8 Å². The molecule has 0 aliphatic heterocycles. The van der Waals surface area contributed by atoms with Gasteiger partial charge in [-0.05, 0) is 86.8 Å². The van der Waals surface area contributed by atoms with E-state index in [1.165, 1.54) is 6.07 Å². The van der Waals surface area contributed by atoms with Crippen LogP contribution in [0.1, 0.15) is 27.8 Å². The normalized spacial score (nSPS) is 12.6. The summed E-state index contributed by atoms with van der Waals surface area (Å²) in [4.78, 5) is 10.3. The van der Waals surface area contributed by atoms with Gasteiger partial charge in [0.05, 0.1) is 39.9 Å². The quantitative estimate of drug-likeness (QED) is 0.0890. The summed E-state index contributed by atoms with van der Waals surface area (Å²) in [5, 5.41) is 0. The summed E-state index contributed by atoms with van der Waals surface area (Å²) in [6.45, 7) is 20.9. The third kappa shape index (κ3) is 12.3. The molecule has 54 heavy (non-hydrogen) atoms. The molecule has 0 saturated heterocycles. The molecule has 4 N–H and O–H groups in total. The number of hydrogen-bond acceptors (Lipinski definition) is 10. The average Bonchev–Trinajstić information content (AvgIpc) is 3.07. The number of nitrogens with one attached hydrogen (secondary N) is 4. The first-order valence-corrected chi connectivity index (χ1v) is 20.9. The number of hydrogen-bond donors (Lipinski definition) is 4. The Balaban J connectivity index is 0.000000290. The monoisotopic (exact) mass is 826 g/mol. The fourth-order valence-corrected chi connectivity index (χ4v) is 7.16. The minimum absolute atomic E-state index is 0.00573. The maximum absolute atomic E-state index is 13.1. The molecule has 0 spiro atoms. The van der Waals surface area contributed by atoms with Gasteiger partial charge in [-0.1, -0.05) is 29.8 Å². The van der Waals surface area contributed by atoms with Gasteiger partial charge in [-0.15, -0.1) is 9.66 Å². The third-order valence-corrected chi connectivity index (χ3v) is 10.5. The number of rotatable bonds is 12. The molecule has 14 nitrogen and oxygen atoms in total. The number of benzene rings is 4. The van der Waals surface area contributed by atoms with Gasteiger partial charge in [0, 0.05) is 12.5 Å². The van der Waals surface area contributed by atoms with Crippen molar-refractivity contribution in [3.8, 4) is 11.5 Å². The van der Waals surface area contributed by atoms with E-state index >= 15 is 0 Å². The molecule has 0 fully saturated rings. The third-order valence-electron chi connectivity index (χ3n) is 6.99. The summed E-state index contributed by atoms with van der Waals surface area (Å²) in [6, 6.07) is 15.9. The van der Waals surface area contributed by atoms with E-state index in [1.54, 1.807) is 37.3 Å². The maximum atomic E-state index is 13.1. The van der Waals surface area contributed by atoms with Crippen molar-refractivity contribution in [3.05, 3.63) is 117 Å². The van der Waals surface area contributed by atoms with Gasteiger partial charge >= 0.3 is 28.7 Å². The highest BCUT2D eigenvalue weighted by atomic mass is 32.2. The van der Waals surface area contributed by atoms with Gasteiger partial charge < -0.3 is 19.2 Å². The van der Waals surface area contributed by atoms with Crippen LogP contribution in [0.15, 0.2) is 76.5 Å². The molecule has 288 valence electrons. The van der Waals surface area contributed by atoms with Gasteiger partial charge in [0.1, 0.15) is 11.5 Å². The first-order valence-electron chi connectivity index (χ1n) is 15.0. The van der Waals surface area contributed by atoms with Crippen molar-refractivity contribution in [2.24, 2.45) is 0 Å². The van der Waals surface area contributed by atoms with Gasteiger partial charge in [0.25, 0.3) is 0 Å². The van der Waals surface area contributed by atoms with E-state index in [-0.39, 0.29) is 38.2 Å². The second-order valence-electron chi connectivity index (χ2n) is 11.4. The van der Waals surface area contributed by atoms with Crippen molar-refractivity contribution >= 4 is 65.0 Å². The lowest BCUT2D eigenvalue weighted by atomic mass is 10.1. The number of sulfone groups is 2. The Morgan fingerprint density at radius 3 is 1.65 bits per heavy atom. The Morgan fingerprint density at radius 1 is 0.648 bits per heavy atom. The van der Waals surface area contributed by atoms with Gasteiger partial charge in [-0.3, -0.25) is 9.69 Å². The Labute approximate surface area is 316 Å². The molecule has 0 bridgehead atoms. The zero-order valence-electron chi connectivity index (χ0n) is 29.3. The molecule has 0 radical (unpaired) electrons. The molecule has 4 aromatic carbocycles. The first kappa shape index (κ1) is 43.4. The highest BCUT2D eigenvalue weighted by Crippen LogP contribution is 2.37. The SMILES string of the molecule is Cc1ccc(OS(=O)NNc2cc(C(F)(F)F)c(C)cc2S(C)(=O)=O)cc1.[C-]#[N+]c1cc(NNS(=O)Oc2cc(C)ccc2C)c(S(C)(=O)=O)cc1[N+]#[C-]. The average molecular weight is 827 g/mol. The number of anilines is 2. The van der Waals surface area contributed by atoms with Crippen molar-refractivity contribution in [2.45, 2.75) is 43.7 Å². The maximum Gasteiger partial charge on any atom is 0.416 e. The predicted octanol–water partition coefficient (Wildman–Crippen LogP) is 6.68. The molecule has 0 aromatic heterocycles. The number of hydrazine groups is 2. The van der Waals surface area contributed by atoms with Crippen LogP contribution in [0.5, 0.6) is 11.5 Å². The van der Waals surface area contributed by atoms with E-state index in [9.17, 15) is 38.4 Å². The lowest BCUT2D eigenvalue weighted by Crippen LogP contribution is -2.28. The molecule has 4 aromatic rings. The summed E-state index contributed by atoms with van der Waals surface area (Å²) in [5.74, 6) is 0.674. The topological polar surface area (TPSA) is 178 Å².